The minimum atomic E-state index is -4.83. The summed E-state index contributed by atoms with van der Waals surface area (Å²) in [7, 11) is 0. The summed E-state index contributed by atoms with van der Waals surface area (Å²) in [5, 5.41) is 9.13. The average molecular weight is 419 g/mol. The Morgan fingerprint density at radius 2 is 1.66 bits per heavy atom. The maximum atomic E-state index is 13.3. The van der Waals surface area contributed by atoms with Crippen molar-refractivity contribution in [2.45, 2.75) is 26.8 Å². The molecular weight excluding hydrogens is 397 g/mol. The second-order valence-electron chi connectivity index (χ2n) is 5.68. The van der Waals surface area contributed by atoms with E-state index in [1.807, 2.05) is 13.8 Å². The molecule has 0 saturated heterocycles. The highest BCUT2D eigenvalue weighted by Gasteiger charge is 2.31. The summed E-state index contributed by atoms with van der Waals surface area (Å²) in [6, 6.07) is 7.74. The molecule has 0 unspecified atom stereocenters. The van der Waals surface area contributed by atoms with Crippen LogP contribution in [0.1, 0.15) is 29.8 Å². The number of ether oxygens (including phenoxy) is 1. The minimum Gasteiger partial charge on any atom is -0.406 e. The second-order valence-corrected chi connectivity index (χ2v) is 5.68. The Hall–Kier alpha value is -2.52. The van der Waals surface area contributed by atoms with Crippen molar-refractivity contribution in [3.63, 3.8) is 0 Å². The van der Waals surface area contributed by atoms with Crippen LogP contribution in [0.5, 0.6) is 5.75 Å². The van der Waals surface area contributed by atoms with Crippen molar-refractivity contribution in [2.24, 2.45) is 0 Å². The van der Waals surface area contributed by atoms with Crippen LogP contribution in [0.3, 0.4) is 0 Å². The van der Waals surface area contributed by atoms with Gasteiger partial charge in [0, 0.05) is 18.7 Å². The Morgan fingerprint density at radius 3 is 2.17 bits per heavy atom. The Kier molecular flexibility index (Phi) is 9.70. The highest BCUT2D eigenvalue weighted by Crippen LogP contribution is 2.23. The predicted molar refractivity (Wildman–Crippen MR) is 97.5 cm³/mol. The first-order valence-electron chi connectivity index (χ1n) is 8.84. The van der Waals surface area contributed by atoms with Crippen LogP contribution in [0.25, 0.3) is 0 Å². The van der Waals surface area contributed by atoms with E-state index in [-0.39, 0.29) is 31.8 Å². The van der Waals surface area contributed by atoms with Crippen LogP contribution in [-0.2, 0) is 6.54 Å². The zero-order valence-corrected chi connectivity index (χ0v) is 16.0. The molecule has 0 fully saturated rings. The van der Waals surface area contributed by atoms with Crippen LogP contribution in [-0.4, -0.2) is 41.8 Å². The first kappa shape index (κ1) is 24.5. The number of carbonyl (C=O) groups excluding carboxylic acids is 1. The largest absolute Gasteiger partial charge is 0.573 e. The van der Waals surface area contributed by atoms with Crippen molar-refractivity contribution in [1.29, 1.82) is 0 Å². The number of carbonyl (C=O) groups is 1. The van der Waals surface area contributed by atoms with E-state index in [4.69, 9.17) is 5.11 Å². The SMILES string of the molecule is CC.O=C(CN(CCO)Cc1ccc(F)c(F)c1)c1ccc(OC(F)(F)F)cc1. The number of aliphatic hydroxyl groups is 1. The van der Waals surface area contributed by atoms with Gasteiger partial charge < -0.3 is 9.84 Å². The molecule has 0 radical (unpaired) electrons. The summed E-state index contributed by atoms with van der Waals surface area (Å²) in [6.07, 6.45) is -4.83. The Bertz CT molecular complexity index is 779. The molecular formula is C20H22F5NO3. The molecule has 0 aliphatic heterocycles. The molecule has 9 heteroatoms. The number of ketones is 1. The lowest BCUT2D eigenvalue weighted by molar-refractivity contribution is -0.274. The van der Waals surface area contributed by atoms with Gasteiger partial charge >= 0.3 is 6.36 Å². The molecule has 0 amide bonds. The first-order valence-corrected chi connectivity index (χ1v) is 8.84. The van der Waals surface area contributed by atoms with Crippen LogP contribution in [0.4, 0.5) is 22.0 Å². The molecule has 0 bridgehead atoms. The molecule has 0 aromatic heterocycles. The van der Waals surface area contributed by atoms with E-state index in [1.54, 1.807) is 0 Å². The third kappa shape index (κ3) is 8.57. The molecule has 2 rings (SSSR count). The van der Waals surface area contributed by atoms with Gasteiger partial charge in [0.15, 0.2) is 17.4 Å². The molecule has 0 atom stereocenters. The Balaban J connectivity index is 0.00000204. The molecule has 0 saturated carbocycles. The maximum Gasteiger partial charge on any atom is 0.573 e. The smallest absolute Gasteiger partial charge is 0.406 e. The number of hydrogen-bond donors (Lipinski definition) is 1. The van der Waals surface area contributed by atoms with Gasteiger partial charge in [0.1, 0.15) is 5.75 Å². The van der Waals surface area contributed by atoms with Gasteiger partial charge in [0.05, 0.1) is 13.2 Å². The fourth-order valence-electron chi connectivity index (χ4n) is 2.39. The van der Waals surface area contributed by atoms with E-state index in [2.05, 4.69) is 4.74 Å². The van der Waals surface area contributed by atoms with E-state index < -0.39 is 29.5 Å². The van der Waals surface area contributed by atoms with Crippen molar-refractivity contribution in [3.05, 3.63) is 65.2 Å². The zero-order valence-electron chi connectivity index (χ0n) is 16.0. The van der Waals surface area contributed by atoms with Gasteiger partial charge in [0.2, 0.25) is 0 Å². The molecule has 0 aliphatic rings. The third-order valence-electron chi connectivity index (χ3n) is 3.58. The summed E-state index contributed by atoms with van der Waals surface area (Å²) in [5.41, 5.74) is 0.557. The minimum absolute atomic E-state index is 0.0821. The number of nitrogens with zero attached hydrogens (tertiary/aromatic N) is 1. The molecule has 4 nitrogen and oxygen atoms in total. The standard InChI is InChI=1S/C18H16F5NO3.C2H6/c19-15-6-1-12(9-16(15)20)10-24(7-8-25)11-17(26)13-2-4-14(5-3-13)27-18(21,22)23;1-2/h1-6,9,25H,7-8,10-11H2;1-2H3. The molecule has 160 valence electrons. The van der Waals surface area contributed by atoms with Crippen LogP contribution < -0.4 is 4.74 Å². The van der Waals surface area contributed by atoms with E-state index in [0.717, 1.165) is 24.3 Å². The zero-order chi connectivity index (χ0) is 22.0. The quantitative estimate of drug-likeness (QED) is 0.503. The molecule has 0 heterocycles. The van der Waals surface area contributed by atoms with Crippen LogP contribution >= 0.6 is 0 Å². The van der Waals surface area contributed by atoms with Crippen LogP contribution in [0, 0.1) is 11.6 Å². The van der Waals surface area contributed by atoms with Crippen molar-refractivity contribution in [3.8, 4) is 5.75 Å². The second kappa shape index (κ2) is 11.5. The summed E-state index contributed by atoms with van der Waals surface area (Å²) in [6.45, 7) is 3.74. The van der Waals surface area contributed by atoms with Gasteiger partial charge in [-0.05, 0) is 42.0 Å². The topological polar surface area (TPSA) is 49.8 Å². The fraction of sp³-hybridized carbons (Fsp3) is 0.350. The van der Waals surface area contributed by atoms with Crippen molar-refractivity contribution in [1.82, 2.24) is 4.90 Å². The Labute approximate surface area is 165 Å². The normalized spacial score (nSPS) is 11.1. The maximum absolute atomic E-state index is 13.3. The van der Waals surface area contributed by atoms with E-state index in [1.165, 1.54) is 23.1 Å². The number of hydrogen-bond acceptors (Lipinski definition) is 4. The predicted octanol–water partition coefficient (Wildman–Crippen LogP) is 4.57. The van der Waals surface area contributed by atoms with Crippen molar-refractivity contribution >= 4 is 5.78 Å². The van der Waals surface area contributed by atoms with Gasteiger partial charge in [0.25, 0.3) is 0 Å². The van der Waals surface area contributed by atoms with Gasteiger partial charge in [-0.25, -0.2) is 8.78 Å². The molecule has 2 aromatic rings. The molecule has 29 heavy (non-hydrogen) atoms. The van der Waals surface area contributed by atoms with E-state index in [0.29, 0.717) is 5.56 Å². The fourth-order valence-corrected chi connectivity index (χ4v) is 2.39. The molecule has 0 spiro atoms. The number of Topliss-reactive ketones (excluding diaryl/α,β-unsaturated/α-hetero) is 1. The number of benzene rings is 2. The summed E-state index contributed by atoms with van der Waals surface area (Å²) >= 11 is 0. The molecule has 1 N–H and O–H groups in total. The van der Waals surface area contributed by atoms with Gasteiger partial charge in [-0.2, -0.15) is 0 Å². The third-order valence-corrected chi connectivity index (χ3v) is 3.58. The van der Waals surface area contributed by atoms with E-state index >= 15 is 0 Å². The Morgan fingerprint density at radius 1 is 1.03 bits per heavy atom. The molecule has 2 aromatic carbocycles. The number of halogens is 5. The van der Waals surface area contributed by atoms with Crippen molar-refractivity contribution < 1.29 is 36.6 Å². The summed E-state index contributed by atoms with van der Waals surface area (Å²) in [4.78, 5) is 13.8. The average Bonchev–Trinajstić information content (AvgIpc) is 2.66. The lowest BCUT2D eigenvalue weighted by atomic mass is 10.1. The number of rotatable bonds is 8. The lowest BCUT2D eigenvalue weighted by Crippen LogP contribution is -2.32. The van der Waals surface area contributed by atoms with Gasteiger partial charge in [-0.1, -0.05) is 19.9 Å². The number of alkyl halides is 3. The summed E-state index contributed by atoms with van der Waals surface area (Å²) in [5.74, 6) is -2.88. The highest BCUT2D eigenvalue weighted by molar-refractivity contribution is 5.97. The summed E-state index contributed by atoms with van der Waals surface area (Å²) < 4.78 is 66.5. The van der Waals surface area contributed by atoms with Crippen LogP contribution in [0.15, 0.2) is 42.5 Å². The number of aliphatic hydroxyl groups excluding tert-OH is 1. The van der Waals surface area contributed by atoms with Crippen LogP contribution in [0.2, 0.25) is 0 Å². The monoisotopic (exact) mass is 419 g/mol. The molecule has 0 aliphatic carbocycles. The lowest BCUT2D eigenvalue weighted by Gasteiger charge is -2.20. The first-order chi connectivity index (χ1) is 13.7. The van der Waals surface area contributed by atoms with Gasteiger partial charge in [-0.3, -0.25) is 9.69 Å². The van der Waals surface area contributed by atoms with Crippen molar-refractivity contribution in [2.75, 3.05) is 19.7 Å². The van der Waals surface area contributed by atoms with E-state index in [9.17, 15) is 26.7 Å². The van der Waals surface area contributed by atoms with Gasteiger partial charge in [-0.15, -0.1) is 13.2 Å². The highest BCUT2D eigenvalue weighted by atomic mass is 19.4.